The minimum absolute atomic E-state index is 0.326. The second-order valence-electron chi connectivity index (χ2n) is 5.88. The Labute approximate surface area is 91.5 Å². The maximum atomic E-state index is 11.3. The van der Waals surface area contributed by atoms with Crippen LogP contribution < -0.4 is 0 Å². The Bertz CT molecular complexity index is 268. The summed E-state index contributed by atoms with van der Waals surface area (Å²) in [6, 6.07) is 0. The number of carbonyl (C=O) groups is 1. The Morgan fingerprint density at radius 3 is 2.07 bits per heavy atom. The van der Waals surface area contributed by atoms with Gasteiger partial charge in [-0.1, -0.05) is 26.7 Å². The van der Waals surface area contributed by atoms with Crippen molar-refractivity contribution >= 4 is 5.97 Å². The van der Waals surface area contributed by atoms with Crippen molar-refractivity contribution in [3.05, 3.63) is 0 Å². The van der Waals surface area contributed by atoms with Gasteiger partial charge in [-0.25, -0.2) is 0 Å². The number of carboxylic acid groups (broad SMARTS) is 1. The highest BCUT2D eigenvalue weighted by atomic mass is 16.4. The van der Waals surface area contributed by atoms with Crippen LogP contribution in [0.5, 0.6) is 0 Å². The molecule has 0 bridgehead atoms. The van der Waals surface area contributed by atoms with Crippen molar-refractivity contribution in [2.75, 3.05) is 0 Å². The van der Waals surface area contributed by atoms with E-state index >= 15 is 0 Å². The van der Waals surface area contributed by atoms with Gasteiger partial charge in [0.15, 0.2) is 0 Å². The monoisotopic (exact) mass is 214 g/mol. The normalized spacial score (nSPS) is 31.3. The van der Waals surface area contributed by atoms with Gasteiger partial charge in [0, 0.05) is 0 Å². The topological polar surface area (TPSA) is 57.5 Å². The summed E-state index contributed by atoms with van der Waals surface area (Å²) < 4.78 is 0. The highest BCUT2D eigenvalue weighted by Crippen LogP contribution is 2.52. The molecule has 1 unspecified atom stereocenters. The van der Waals surface area contributed by atoms with Crippen LogP contribution in [0.1, 0.15) is 53.4 Å². The Morgan fingerprint density at radius 2 is 1.67 bits per heavy atom. The fourth-order valence-corrected chi connectivity index (χ4v) is 2.83. The third kappa shape index (κ3) is 1.67. The van der Waals surface area contributed by atoms with E-state index in [9.17, 15) is 15.0 Å². The highest BCUT2D eigenvalue weighted by Gasteiger charge is 2.58. The lowest BCUT2D eigenvalue weighted by Crippen LogP contribution is -2.59. The molecule has 1 fully saturated rings. The SMILES string of the molecule is CC1(C)CCCCC1(O)C(C)(C)C(=O)O. The maximum Gasteiger partial charge on any atom is 0.312 e. The van der Waals surface area contributed by atoms with Crippen LogP contribution in [-0.4, -0.2) is 21.8 Å². The van der Waals surface area contributed by atoms with Crippen molar-refractivity contribution in [2.24, 2.45) is 10.8 Å². The molecule has 0 aromatic heterocycles. The fraction of sp³-hybridized carbons (Fsp3) is 0.917. The van der Waals surface area contributed by atoms with Crippen LogP contribution >= 0.6 is 0 Å². The molecule has 3 heteroatoms. The molecule has 0 aliphatic heterocycles. The lowest BCUT2D eigenvalue weighted by atomic mass is 9.55. The molecule has 1 rings (SSSR count). The zero-order valence-electron chi connectivity index (χ0n) is 10.1. The summed E-state index contributed by atoms with van der Waals surface area (Å²) in [6.45, 7) is 7.19. The van der Waals surface area contributed by atoms with Gasteiger partial charge in [0.1, 0.15) is 0 Å². The van der Waals surface area contributed by atoms with E-state index in [1.54, 1.807) is 13.8 Å². The summed E-state index contributed by atoms with van der Waals surface area (Å²) in [5.74, 6) is -0.917. The molecule has 1 aliphatic rings. The van der Waals surface area contributed by atoms with Gasteiger partial charge in [-0.3, -0.25) is 4.79 Å². The molecule has 1 atom stereocenters. The number of rotatable bonds is 2. The molecule has 0 radical (unpaired) electrons. The third-order valence-corrected chi connectivity index (χ3v) is 4.28. The molecule has 0 amide bonds. The van der Waals surface area contributed by atoms with Crippen LogP contribution in [0.25, 0.3) is 0 Å². The third-order valence-electron chi connectivity index (χ3n) is 4.28. The smallest absolute Gasteiger partial charge is 0.312 e. The Hall–Kier alpha value is -0.570. The van der Waals surface area contributed by atoms with E-state index in [0.717, 1.165) is 19.3 Å². The van der Waals surface area contributed by atoms with Crippen LogP contribution in [0, 0.1) is 10.8 Å². The van der Waals surface area contributed by atoms with Gasteiger partial charge >= 0.3 is 5.97 Å². The summed E-state index contributed by atoms with van der Waals surface area (Å²) in [5, 5.41) is 19.9. The van der Waals surface area contributed by atoms with Crippen LogP contribution in [0.4, 0.5) is 0 Å². The van der Waals surface area contributed by atoms with Crippen molar-refractivity contribution in [2.45, 2.75) is 59.0 Å². The van der Waals surface area contributed by atoms with E-state index in [1.165, 1.54) is 0 Å². The second-order valence-corrected chi connectivity index (χ2v) is 5.88. The lowest BCUT2D eigenvalue weighted by molar-refractivity contribution is -0.196. The predicted molar refractivity (Wildman–Crippen MR) is 58.6 cm³/mol. The summed E-state index contributed by atoms with van der Waals surface area (Å²) in [7, 11) is 0. The molecule has 1 saturated carbocycles. The number of hydrogen-bond donors (Lipinski definition) is 2. The first-order valence-corrected chi connectivity index (χ1v) is 5.61. The predicted octanol–water partition coefficient (Wildman–Crippen LogP) is 2.43. The van der Waals surface area contributed by atoms with Crippen LogP contribution in [0.3, 0.4) is 0 Å². The van der Waals surface area contributed by atoms with E-state index in [-0.39, 0.29) is 5.41 Å². The molecule has 15 heavy (non-hydrogen) atoms. The number of aliphatic hydroxyl groups is 1. The second kappa shape index (κ2) is 3.48. The molecule has 0 aromatic rings. The quantitative estimate of drug-likeness (QED) is 0.742. The molecule has 1 aliphatic carbocycles. The number of hydrogen-bond acceptors (Lipinski definition) is 2. The molecule has 0 heterocycles. The first-order valence-electron chi connectivity index (χ1n) is 5.61. The van der Waals surface area contributed by atoms with Crippen molar-refractivity contribution in [1.29, 1.82) is 0 Å². The van der Waals surface area contributed by atoms with E-state index in [1.807, 2.05) is 13.8 Å². The molecule has 88 valence electrons. The standard InChI is InChI=1S/C12H22O3/c1-10(2)7-5-6-8-12(10,15)11(3,4)9(13)14/h15H,5-8H2,1-4H3,(H,13,14). The zero-order valence-corrected chi connectivity index (χ0v) is 10.1. The fourth-order valence-electron chi connectivity index (χ4n) is 2.83. The van der Waals surface area contributed by atoms with Gasteiger partial charge in [-0.15, -0.1) is 0 Å². The van der Waals surface area contributed by atoms with E-state index in [2.05, 4.69) is 0 Å². The van der Waals surface area contributed by atoms with Gasteiger partial charge < -0.3 is 10.2 Å². The first kappa shape index (κ1) is 12.5. The average Bonchev–Trinajstić information content (AvgIpc) is 2.09. The summed E-state index contributed by atoms with van der Waals surface area (Å²) >= 11 is 0. The van der Waals surface area contributed by atoms with Crippen LogP contribution in [0.15, 0.2) is 0 Å². The molecule has 0 spiro atoms. The molecule has 0 aromatic carbocycles. The molecular formula is C12H22O3. The van der Waals surface area contributed by atoms with Gasteiger partial charge in [0.2, 0.25) is 0 Å². The van der Waals surface area contributed by atoms with Crippen molar-refractivity contribution in [3.63, 3.8) is 0 Å². The lowest BCUT2D eigenvalue weighted by Gasteiger charge is -2.53. The zero-order chi connectivity index (χ0) is 11.9. The largest absolute Gasteiger partial charge is 0.481 e. The van der Waals surface area contributed by atoms with Gasteiger partial charge in [-0.05, 0) is 32.1 Å². The summed E-state index contributed by atoms with van der Waals surface area (Å²) in [5.41, 5.74) is -2.52. The molecule has 2 N–H and O–H groups in total. The van der Waals surface area contributed by atoms with E-state index in [4.69, 9.17) is 0 Å². The van der Waals surface area contributed by atoms with Crippen molar-refractivity contribution < 1.29 is 15.0 Å². The Morgan fingerprint density at radius 1 is 1.20 bits per heavy atom. The average molecular weight is 214 g/mol. The molecule has 0 saturated heterocycles. The van der Waals surface area contributed by atoms with E-state index in [0.29, 0.717) is 6.42 Å². The molecule has 3 nitrogen and oxygen atoms in total. The van der Waals surface area contributed by atoms with Crippen LogP contribution in [0.2, 0.25) is 0 Å². The molecular weight excluding hydrogens is 192 g/mol. The van der Waals surface area contributed by atoms with E-state index < -0.39 is 17.0 Å². The van der Waals surface area contributed by atoms with Gasteiger partial charge in [-0.2, -0.15) is 0 Å². The summed E-state index contributed by atoms with van der Waals surface area (Å²) in [4.78, 5) is 11.3. The Balaban J connectivity index is 3.13. The number of aliphatic carboxylic acids is 1. The van der Waals surface area contributed by atoms with Gasteiger partial charge in [0.05, 0.1) is 11.0 Å². The number of carboxylic acids is 1. The maximum absolute atomic E-state index is 11.3. The van der Waals surface area contributed by atoms with Crippen molar-refractivity contribution in [1.82, 2.24) is 0 Å². The van der Waals surface area contributed by atoms with Crippen molar-refractivity contribution in [3.8, 4) is 0 Å². The minimum atomic E-state index is -1.11. The summed E-state index contributed by atoms with van der Waals surface area (Å²) in [6.07, 6.45) is 3.46. The van der Waals surface area contributed by atoms with Gasteiger partial charge in [0.25, 0.3) is 0 Å². The highest BCUT2D eigenvalue weighted by molar-refractivity contribution is 5.75. The minimum Gasteiger partial charge on any atom is -0.481 e. The van der Waals surface area contributed by atoms with Crippen LogP contribution in [-0.2, 0) is 4.79 Å². The first-order chi connectivity index (χ1) is 6.65. The Kier molecular flexibility index (Phi) is 2.90.